The van der Waals surface area contributed by atoms with Crippen molar-refractivity contribution < 1.29 is 22.4 Å². The lowest BCUT2D eigenvalue weighted by Crippen LogP contribution is -2.49. The van der Waals surface area contributed by atoms with Crippen molar-refractivity contribution in [1.82, 2.24) is 10.2 Å². The number of rotatable bonds is 12. The van der Waals surface area contributed by atoms with E-state index in [0.29, 0.717) is 6.42 Å². The summed E-state index contributed by atoms with van der Waals surface area (Å²) in [5.74, 6) is -1.25. The van der Waals surface area contributed by atoms with Gasteiger partial charge in [-0.1, -0.05) is 72.8 Å². The maximum Gasteiger partial charge on any atom is 0.242 e. The number of sulfonamides is 1. The molecule has 0 saturated heterocycles. The standard InChI is InChI=1S/C28H32FN3O4S/c1-30-28(34)26(20-22-12-5-3-6-13-22)31(21-23-14-7-4-8-15-23)27(33)18-11-19-32(37(2,35)36)25-17-10-9-16-24(25)29/h3-10,12-17,26H,11,18-21H2,1-2H3,(H,30,34)/t26-/m0/s1. The van der Waals surface area contributed by atoms with Gasteiger partial charge in [0, 0.05) is 33.0 Å². The zero-order chi connectivity index (χ0) is 26.8. The number of nitrogens with one attached hydrogen (secondary N) is 1. The molecule has 1 N–H and O–H groups in total. The minimum absolute atomic E-state index is 0.0183. The van der Waals surface area contributed by atoms with E-state index in [-0.39, 0.29) is 43.4 Å². The molecule has 0 fully saturated rings. The number of amides is 2. The van der Waals surface area contributed by atoms with Gasteiger partial charge in [-0.15, -0.1) is 0 Å². The van der Waals surface area contributed by atoms with Crippen LogP contribution in [0.3, 0.4) is 0 Å². The third kappa shape index (κ3) is 7.88. The van der Waals surface area contributed by atoms with Gasteiger partial charge in [-0.05, 0) is 29.7 Å². The Morgan fingerprint density at radius 2 is 1.46 bits per heavy atom. The highest BCUT2D eigenvalue weighted by Gasteiger charge is 2.30. The van der Waals surface area contributed by atoms with Gasteiger partial charge in [0.05, 0.1) is 11.9 Å². The number of nitrogens with zero attached hydrogens (tertiary/aromatic N) is 2. The molecule has 0 aliphatic carbocycles. The van der Waals surface area contributed by atoms with Crippen molar-refractivity contribution in [1.29, 1.82) is 0 Å². The molecule has 37 heavy (non-hydrogen) atoms. The van der Waals surface area contributed by atoms with Crippen LogP contribution in [0.5, 0.6) is 0 Å². The van der Waals surface area contributed by atoms with Crippen LogP contribution in [-0.4, -0.2) is 51.0 Å². The Bertz CT molecular complexity index is 1290. The van der Waals surface area contributed by atoms with Crippen molar-refractivity contribution in [2.45, 2.75) is 31.8 Å². The molecule has 0 aliphatic heterocycles. The Hall–Kier alpha value is -3.72. The summed E-state index contributed by atoms with van der Waals surface area (Å²) in [6, 6.07) is 23.7. The van der Waals surface area contributed by atoms with Crippen LogP contribution in [0.25, 0.3) is 0 Å². The van der Waals surface area contributed by atoms with Gasteiger partial charge in [0.25, 0.3) is 0 Å². The van der Waals surface area contributed by atoms with Crippen LogP contribution in [-0.2, 0) is 32.6 Å². The van der Waals surface area contributed by atoms with Crippen molar-refractivity contribution >= 4 is 27.5 Å². The van der Waals surface area contributed by atoms with E-state index in [1.165, 1.54) is 30.1 Å². The van der Waals surface area contributed by atoms with Crippen LogP contribution in [0, 0.1) is 5.82 Å². The first-order valence-electron chi connectivity index (χ1n) is 12.0. The van der Waals surface area contributed by atoms with E-state index in [9.17, 15) is 22.4 Å². The van der Waals surface area contributed by atoms with Gasteiger partial charge in [-0.3, -0.25) is 13.9 Å². The number of anilines is 1. The lowest BCUT2D eigenvalue weighted by molar-refractivity contribution is -0.141. The molecule has 0 radical (unpaired) electrons. The van der Waals surface area contributed by atoms with Crippen LogP contribution in [0.2, 0.25) is 0 Å². The van der Waals surface area contributed by atoms with Gasteiger partial charge in [0.15, 0.2) is 0 Å². The highest BCUT2D eigenvalue weighted by Crippen LogP contribution is 2.22. The van der Waals surface area contributed by atoms with Crippen molar-refractivity contribution in [3.05, 3.63) is 102 Å². The second kappa shape index (κ2) is 13.0. The van der Waals surface area contributed by atoms with Crippen molar-refractivity contribution in [3.8, 4) is 0 Å². The van der Waals surface area contributed by atoms with Gasteiger partial charge >= 0.3 is 0 Å². The quantitative estimate of drug-likeness (QED) is 0.390. The first kappa shape index (κ1) is 27.9. The maximum absolute atomic E-state index is 14.3. The van der Waals surface area contributed by atoms with Gasteiger partial charge < -0.3 is 10.2 Å². The highest BCUT2D eigenvalue weighted by atomic mass is 32.2. The summed E-state index contributed by atoms with van der Waals surface area (Å²) in [6.45, 7) is 0.141. The van der Waals surface area contributed by atoms with Gasteiger partial charge in [0.2, 0.25) is 21.8 Å². The molecule has 7 nitrogen and oxygen atoms in total. The molecule has 0 saturated carbocycles. The Morgan fingerprint density at radius 1 is 0.892 bits per heavy atom. The topological polar surface area (TPSA) is 86.8 Å². The molecule has 0 spiro atoms. The lowest BCUT2D eigenvalue weighted by atomic mass is 10.0. The summed E-state index contributed by atoms with van der Waals surface area (Å²) in [5.41, 5.74) is 1.71. The number of halogens is 1. The molecule has 3 rings (SSSR count). The zero-order valence-corrected chi connectivity index (χ0v) is 21.8. The van der Waals surface area contributed by atoms with Gasteiger partial charge in [0.1, 0.15) is 11.9 Å². The Balaban J connectivity index is 1.83. The fourth-order valence-corrected chi connectivity index (χ4v) is 5.10. The molecule has 0 aromatic heterocycles. The third-order valence-electron chi connectivity index (χ3n) is 5.99. The molecule has 9 heteroatoms. The molecule has 1 atom stereocenters. The average Bonchev–Trinajstić information content (AvgIpc) is 2.89. The van der Waals surface area contributed by atoms with E-state index >= 15 is 0 Å². The van der Waals surface area contributed by atoms with Crippen LogP contribution >= 0.6 is 0 Å². The van der Waals surface area contributed by atoms with Crippen LogP contribution in [0.15, 0.2) is 84.9 Å². The van der Waals surface area contributed by atoms with E-state index < -0.39 is 21.9 Å². The van der Waals surface area contributed by atoms with E-state index in [0.717, 1.165) is 21.7 Å². The van der Waals surface area contributed by atoms with Crippen molar-refractivity contribution in [2.75, 3.05) is 24.2 Å². The first-order chi connectivity index (χ1) is 17.7. The normalized spacial score (nSPS) is 12.0. The molecular weight excluding hydrogens is 493 g/mol. The first-order valence-corrected chi connectivity index (χ1v) is 13.9. The molecule has 0 unspecified atom stereocenters. The fraction of sp³-hybridized carbons (Fsp3) is 0.286. The largest absolute Gasteiger partial charge is 0.357 e. The van der Waals surface area contributed by atoms with Crippen molar-refractivity contribution in [2.24, 2.45) is 0 Å². The van der Waals surface area contributed by atoms with E-state index in [4.69, 9.17) is 0 Å². The summed E-state index contributed by atoms with van der Waals surface area (Å²) < 4.78 is 40.1. The van der Waals surface area contributed by atoms with E-state index in [1.54, 1.807) is 6.07 Å². The molecule has 0 bridgehead atoms. The second-order valence-electron chi connectivity index (χ2n) is 8.72. The summed E-state index contributed by atoms with van der Waals surface area (Å²) in [7, 11) is -2.25. The highest BCUT2D eigenvalue weighted by molar-refractivity contribution is 7.92. The monoisotopic (exact) mass is 525 g/mol. The number of likely N-dealkylation sites (N-methyl/N-ethyl adjacent to an activating group) is 1. The lowest BCUT2D eigenvalue weighted by Gasteiger charge is -2.31. The molecule has 3 aromatic carbocycles. The van der Waals surface area contributed by atoms with Crippen molar-refractivity contribution in [3.63, 3.8) is 0 Å². The molecule has 196 valence electrons. The van der Waals surface area contributed by atoms with Gasteiger partial charge in [-0.25, -0.2) is 12.8 Å². The molecule has 3 aromatic rings. The number of hydrogen-bond donors (Lipinski definition) is 1. The SMILES string of the molecule is CNC(=O)[C@H](Cc1ccccc1)N(Cc1ccccc1)C(=O)CCCN(c1ccccc1F)S(C)(=O)=O. The van der Waals surface area contributed by atoms with Crippen LogP contribution in [0.1, 0.15) is 24.0 Å². The molecule has 2 amide bonds. The third-order valence-corrected chi connectivity index (χ3v) is 7.17. The summed E-state index contributed by atoms with van der Waals surface area (Å²) >= 11 is 0. The second-order valence-corrected chi connectivity index (χ2v) is 10.6. The maximum atomic E-state index is 14.3. The van der Waals surface area contributed by atoms with E-state index in [2.05, 4.69) is 5.32 Å². The zero-order valence-electron chi connectivity index (χ0n) is 21.0. The summed E-state index contributed by atoms with van der Waals surface area (Å²) in [5, 5.41) is 2.67. The molecular formula is C28H32FN3O4S. The molecule has 0 heterocycles. The van der Waals surface area contributed by atoms with Gasteiger partial charge in [-0.2, -0.15) is 0 Å². The average molecular weight is 526 g/mol. The number of para-hydroxylation sites is 1. The smallest absolute Gasteiger partial charge is 0.242 e. The van der Waals surface area contributed by atoms with Crippen LogP contribution in [0.4, 0.5) is 10.1 Å². The van der Waals surface area contributed by atoms with E-state index in [1.807, 2.05) is 60.7 Å². The fourth-order valence-electron chi connectivity index (χ4n) is 4.14. The Labute approximate surface area is 218 Å². The number of carbonyl (C=O) groups excluding carboxylic acids is 2. The predicted molar refractivity (Wildman–Crippen MR) is 143 cm³/mol. The number of hydrogen-bond acceptors (Lipinski definition) is 4. The number of benzene rings is 3. The molecule has 0 aliphatic rings. The number of carbonyl (C=O) groups is 2. The summed E-state index contributed by atoms with van der Waals surface area (Å²) in [4.78, 5) is 28.0. The minimum atomic E-state index is -3.78. The summed E-state index contributed by atoms with van der Waals surface area (Å²) in [6.07, 6.45) is 1.46. The Kier molecular flexibility index (Phi) is 9.79. The minimum Gasteiger partial charge on any atom is -0.357 e. The predicted octanol–water partition coefficient (Wildman–Crippen LogP) is 3.76. The Morgan fingerprint density at radius 3 is 2.03 bits per heavy atom. The van der Waals surface area contributed by atoms with Crippen LogP contribution < -0.4 is 9.62 Å².